The Labute approximate surface area is 121 Å². The molecule has 0 spiro atoms. The molecule has 0 bridgehead atoms. The Morgan fingerprint density at radius 3 is 2.90 bits per heavy atom. The molecule has 21 heavy (non-hydrogen) atoms. The molecule has 0 aliphatic carbocycles. The van der Waals surface area contributed by atoms with Crippen molar-refractivity contribution in [3.05, 3.63) is 32.1 Å². The number of ether oxygens (including phenoxy) is 1. The van der Waals surface area contributed by atoms with Gasteiger partial charge < -0.3 is 14.6 Å². The van der Waals surface area contributed by atoms with Gasteiger partial charge in [-0.2, -0.15) is 0 Å². The standard InChI is InChI=1S/C14H19N3O4/c1-8-3-5-21-11(8)6-12(18)17-4-2-9-10(7-17)15-14(20)16-13(9)19/h8,11H,2-7H2,1H3,(H2,15,16,19,20). The van der Waals surface area contributed by atoms with Crippen LogP contribution in [-0.2, 0) is 22.5 Å². The number of amides is 1. The van der Waals surface area contributed by atoms with Crippen LogP contribution in [-0.4, -0.2) is 40.0 Å². The van der Waals surface area contributed by atoms with Crippen LogP contribution in [0.5, 0.6) is 0 Å². The van der Waals surface area contributed by atoms with E-state index in [0.29, 0.717) is 43.2 Å². The van der Waals surface area contributed by atoms with Gasteiger partial charge in [-0.15, -0.1) is 0 Å². The van der Waals surface area contributed by atoms with Gasteiger partial charge in [0.25, 0.3) is 5.56 Å². The van der Waals surface area contributed by atoms with Gasteiger partial charge >= 0.3 is 5.69 Å². The third-order valence-electron chi connectivity index (χ3n) is 4.38. The van der Waals surface area contributed by atoms with Crippen molar-refractivity contribution in [1.29, 1.82) is 0 Å². The first-order valence-corrected chi connectivity index (χ1v) is 7.28. The summed E-state index contributed by atoms with van der Waals surface area (Å²) < 4.78 is 5.57. The van der Waals surface area contributed by atoms with E-state index in [2.05, 4.69) is 16.9 Å². The van der Waals surface area contributed by atoms with Gasteiger partial charge in [-0.1, -0.05) is 6.92 Å². The van der Waals surface area contributed by atoms with E-state index in [1.807, 2.05) is 0 Å². The number of H-pyrrole nitrogens is 2. The zero-order valence-corrected chi connectivity index (χ0v) is 12.0. The summed E-state index contributed by atoms with van der Waals surface area (Å²) in [4.78, 5) is 41.9. The number of hydrogen-bond acceptors (Lipinski definition) is 4. The summed E-state index contributed by atoms with van der Waals surface area (Å²) in [7, 11) is 0. The van der Waals surface area contributed by atoms with E-state index in [9.17, 15) is 14.4 Å². The molecule has 7 nitrogen and oxygen atoms in total. The summed E-state index contributed by atoms with van der Waals surface area (Å²) in [6.45, 7) is 3.59. The number of aromatic amines is 2. The lowest BCUT2D eigenvalue weighted by Gasteiger charge is -2.29. The molecule has 114 valence electrons. The van der Waals surface area contributed by atoms with Crippen LogP contribution in [0.2, 0.25) is 0 Å². The molecule has 0 saturated carbocycles. The van der Waals surface area contributed by atoms with Gasteiger partial charge in [0.15, 0.2) is 0 Å². The predicted octanol–water partition coefficient (Wildman–Crippen LogP) is -0.237. The number of nitrogens with zero attached hydrogens (tertiary/aromatic N) is 1. The molecule has 2 aliphatic rings. The van der Waals surface area contributed by atoms with Gasteiger partial charge in [0.05, 0.1) is 19.1 Å². The van der Waals surface area contributed by atoms with Crippen LogP contribution in [0.4, 0.5) is 0 Å². The zero-order chi connectivity index (χ0) is 15.0. The summed E-state index contributed by atoms with van der Waals surface area (Å²) in [5.74, 6) is 0.411. The smallest absolute Gasteiger partial charge is 0.325 e. The van der Waals surface area contributed by atoms with Gasteiger partial charge in [-0.3, -0.25) is 14.6 Å². The van der Waals surface area contributed by atoms with E-state index in [4.69, 9.17) is 4.74 Å². The van der Waals surface area contributed by atoms with Crippen molar-refractivity contribution in [1.82, 2.24) is 14.9 Å². The van der Waals surface area contributed by atoms with E-state index in [0.717, 1.165) is 6.42 Å². The summed E-state index contributed by atoms with van der Waals surface area (Å²) in [6.07, 6.45) is 1.80. The highest BCUT2D eigenvalue weighted by Gasteiger charge is 2.30. The highest BCUT2D eigenvalue weighted by molar-refractivity contribution is 5.77. The second-order valence-electron chi connectivity index (χ2n) is 5.81. The maximum Gasteiger partial charge on any atom is 0.325 e. The average molecular weight is 293 g/mol. The van der Waals surface area contributed by atoms with Crippen molar-refractivity contribution >= 4 is 5.91 Å². The molecule has 2 N–H and O–H groups in total. The molecule has 0 aromatic carbocycles. The second-order valence-corrected chi connectivity index (χ2v) is 5.81. The van der Waals surface area contributed by atoms with Crippen molar-refractivity contribution < 1.29 is 9.53 Å². The number of carbonyl (C=O) groups is 1. The predicted molar refractivity (Wildman–Crippen MR) is 74.9 cm³/mol. The third kappa shape index (κ3) is 2.78. The van der Waals surface area contributed by atoms with Crippen molar-refractivity contribution in [3.63, 3.8) is 0 Å². The van der Waals surface area contributed by atoms with Crippen molar-refractivity contribution in [2.24, 2.45) is 5.92 Å². The highest BCUT2D eigenvalue weighted by Crippen LogP contribution is 2.24. The lowest BCUT2D eigenvalue weighted by Crippen LogP contribution is -2.42. The lowest BCUT2D eigenvalue weighted by molar-refractivity contribution is -0.134. The van der Waals surface area contributed by atoms with Gasteiger partial charge in [0.2, 0.25) is 5.91 Å². The Hall–Kier alpha value is -1.89. The van der Waals surface area contributed by atoms with Crippen LogP contribution >= 0.6 is 0 Å². The SMILES string of the molecule is CC1CCOC1CC(=O)N1CCc2c([nH]c(=O)[nH]c2=O)C1. The van der Waals surface area contributed by atoms with Crippen LogP contribution in [0.25, 0.3) is 0 Å². The van der Waals surface area contributed by atoms with E-state index in [1.165, 1.54) is 0 Å². The number of fused-ring (bicyclic) bond motifs is 1. The van der Waals surface area contributed by atoms with Crippen molar-refractivity contribution in [2.75, 3.05) is 13.2 Å². The topological polar surface area (TPSA) is 95.3 Å². The number of aromatic nitrogens is 2. The van der Waals surface area contributed by atoms with E-state index < -0.39 is 5.69 Å². The molecule has 1 fully saturated rings. The fourth-order valence-corrected chi connectivity index (χ4v) is 3.01. The monoisotopic (exact) mass is 293 g/mol. The first kappa shape index (κ1) is 14.1. The van der Waals surface area contributed by atoms with Crippen LogP contribution in [0.15, 0.2) is 9.59 Å². The molecular weight excluding hydrogens is 274 g/mol. The number of rotatable bonds is 2. The molecule has 3 rings (SSSR count). The van der Waals surface area contributed by atoms with Crippen LogP contribution in [0, 0.1) is 5.92 Å². The Bertz CT molecular complexity index is 663. The molecular formula is C14H19N3O4. The minimum absolute atomic E-state index is 0.0144. The third-order valence-corrected chi connectivity index (χ3v) is 4.38. The Balaban J connectivity index is 1.72. The molecule has 0 radical (unpaired) electrons. The molecule has 2 unspecified atom stereocenters. The molecule has 2 atom stereocenters. The van der Waals surface area contributed by atoms with Gasteiger partial charge in [0.1, 0.15) is 0 Å². The van der Waals surface area contributed by atoms with Crippen molar-refractivity contribution in [2.45, 2.75) is 38.8 Å². The summed E-state index contributed by atoms with van der Waals surface area (Å²) in [5.41, 5.74) is 0.238. The molecule has 2 aliphatic heterocycles. The number of carbonyl (C=O) groups excluding carboxylic acids is 1. The largest absolute Gasteiger partial charge is 0.377 e. The summed E-state index contributed by atoms with van der Waals surface area (Å²) >= 11 is 0. The van der Waals surface area contributed by atoms with Crippen LogP contribution < -0.4 is 11.2 Å². The summed E-state index contributed by atoms with van der Waals surface area (Å²) in [6, 6.07) is 0. The highest BCUT2D eigenvalue weighted by atomic mass is 16.5. The van der Waals surface area contributed by atoms with Crippen LogP contribution in [0.3, 0.4) is 0 Å². The summed E-state index contributed by atoms with van der Waals surface area (Å²) in [5, 5.41) is 0. The Morgan fingerprint density at radius 2 is 2.19 bits per heavy atom. The molecule has 1 aromatic heterocycles. The second kappa shape index (κ2) is 5.48. The van der Waals surface area contributed by atoms with E-state index in [-0.39, 0.29) is 24.1 Å². The Kier molecular flexibility index (Phi) is 3.67. The minimum Gasteiger partial charge on any atom is -0.377 e. The lowest BCUT2D eigenvalue weighted by atomic mass is 10.00. The maximum absolute atomic E-state index is 12.3. The molecule has 7 heteroatoms. The molecule has 1 amide bonds. The van der Waals surface area contributed by atoms with Gasteiger partial charge in [0, 0.05) is 24.4 Å². The minimum atomic E-state index is -0.527. The number of hydrogen-bond donors (Lipinski definition) is 2. The van der Waals surface area contributed by atoms with E-state index >= 15 is 0 Å². The fraction of sp³-hybridized carbons (Fsp3) is 0.643. The molecule has 1 aromatic rings. The first-order valence-electron chi connectivity index (χ1n) is 7.28. The van der Waals surface area contributed by atoms with Crippen LogP contribution in [0.1, 0.15) is 31.0 Å². The first-order chi connectivity index (χ1) is 10.0. The fourth-order valence-electron chi connectivity index (χ4n) is 3.01. The molecule has 3 heterocycles. The average Bonchev–Trinajstić information content (AvgIpc) is 2.83. The quantitative estimate of drug-likeness (QED) is 0.787. The normalized spacial score (nSPS) is 24.9. The Morgan fingerprint density at radius 1 is 1.38 bits per heavy atom. The maximum atomic E-state index is 12.3. The van der Waals surface area contributed by atoms with Gasteiger partial charge in [-0.05, 0) is 18.8 Å². The van der Waals surface area contributed by atoms with E-state index in [1.54, 1.807) is 4.90 Å². The van der Waals surface area contributed by atoms with Gasteiger partial charge in [-0.25, -0.2) is 4.79 Å². The molecule has 1 saturated heterocycles. The van der Waals surface area contributed by atoms with Crippen molar-refractivity contribution in [3.8, 4) is 0 Å². The number of nitrogens with one attached hydrogen (secondary N) is 2. The zero-order valence-electron chi connectivity index (χ0n) is 12.0.